The first-order chi connectivity index (χ1) is 9.56. The Balaban J connectivity index is 2.09. The number of pyridine rings is 1. The molecule has 20 heavy (non-hydrogen) atoms. The minimum absolute atomic E-state index is 0.150. The molecule has 0 amide bonds. The van der Waals surface area contributed by atoms with E-state index in [0.29, 0.717) is 0 Å². The van der Waals surface area contributed by atoms with Crippen LogP contribution >= 0.6 is 27.5 Å². The van der Waals surface area contributed by atoms with Crippen LogP contribution in [0.1, 0.15) is 18.1 Å². The van der Waals surface area contributed by atoms with Gasteiger partial charge in [-0.25, -0.2) is 14.6 Å². The van der Waals surface area contributed by atoms with Crippen molar-refractivity contribution in [3.8, 4) is 0 Å². The van der Waals surface area contributed by atoms with E-state index in [1.165, 1.54) is 0 Å². The molecule has 0 aromatic carbocycles. The van der Waals surface area contributed by atoms with Gasteiger partial charge in [0, 0.05) is 36.8 Å². The first kappa shape index (κ1) is 14.1. The average molecular weight is 359 g/mol. The van der Waals surface area contributed by atoms with Crippen LogP contribution in [0.3, 0.4) is 0 Å². The lowest BCUT2D eigenvalue weighted by molar-refractivity contribution is 0.287. The van der Waals surface area contributed by atoms with Crippen molar-refractivity contribution in [3.63, 3.8) is 0 Å². The Morgan fingerprint density at radius 1 is 1.30 bits per heavy atom. The fraction of sp³-hybridized carbons (Fsp3) is 0.538. The number of rotatable bonds is 2. The minimum atomic E-state index is -0.150. The molecule has 1 saturated heterocycles. The van der Waals surface area contributed by atoms with Gasteiger partial charge in [0.2, 0.25) is 0 Å². The summed E-state index contributed by atoms with van der Waals surface area (Å²) in [5.41, 5.74) is 1.75. The van der Waals surface area contributed by atoms with E-state index in [0.717, 1.165) is 47.6 Å². The van der Waals surface area contributed by atoms with Crippen molar-refractivity contribution in [1.29, 1.82) is 0 Å². The third-order valence-electron chi connectivity index (χ3n) is 3.58. The Morgan fingerprint density at radius 2 is 2.00 bits per heavy atom. The van der Waals surface area contributed by atoms with Crippen molar-refractivity contribution in [3.05, 3.63) is 22.6 Å². The van der Waals surface area contributed by atoms with Crippen molar-refractivity contribution in [2.75, 3.05) is 38.2 Å². The van der Waals surface area contributed by atoms with Gasteiger partial charge >= 0.3 is 0 Å². The highest BCUT2D eigenvalue weighted by atomic mass is 79.9. The van der Waals surface area contributed by atoms with Crippen molar-refractivity contribution >= 4 is 38.7 Å². The fourth-order valence-electron chi connectivity index (χ4n) is 2.48. The van der Waals surface area contributed by atoms with E-state index in [2.05, 4.69) is 47.5 Å². The van der Waals surface area contributed by atoms with Crippen molar-refractivity contribution in [1.82, 2.24) is 19.5 Å². The molecule has 1 aliphatic rings. The molecule has 1 atom stereocenters. The number of alkyl halides is 1. The van der Waals surface area contributed by atoms with Gasteiger partial charge < -0.3 is 9.91 Å². The third-order valence-corrected chi connectivity index (χ3v) is 4.21. The van der Waals surface area contributed by atoms with Gasteiger partial charge in [-0.1, -0.05) is 0 Å². The molecule has 0 bridgehead atoms. The summed E-state index contributed by atoms with van der Waals surface area (Å²) in [5, 5.41) is 2.13. The van der Waals surface area contributed by atoms with Crippen molar-refractivity contribution in [2.24, 2.45) is 0 Å². The van der Waals surface area contributed by atoms with E-state index in [9.17, 15) is 0 Å². The maximum atomic E-state index is 6.31. The standard InChI is InChI=1S/C13H17BrClN5/c1-9(15)12-17-11-7-10(14)8-16-13(11)20(12)19-5-3-18(2)4-6-19/h7-9H,3-6H2,1-2H3. The minimum Gasteiger partial charge on any atom is -0.307 e. The van der Waals surface area contributed by atoms with E-state index in [-0.39, 0.29) is 5.38 Å². The fourth-order valence-corrected chi connectivity index (χ4v) is 2.94. The normalized spacial score (nSPS) is 18.7. The predicted octanol–water partition coefficient (Wildman–Crippen LogP) is 2.38. The summed E-state index contributed by atoms with van der Waals surface area (Å²) >= 11 is 9.75. The number of halogens is 2. The van der Waals surface area contributed by atoms with Crippen LogP contribution in [0, 0.1) is 0 Å². The number of nitrogens with zero attached hydrogens (tertiary/aromatic N) is 5. The highest BCUT2D eigenvalue weighted by Gasteiger charge is 2.23. The molecule has 0 spiro atoms. The lowest BCUT2D eigenvalue weighted by Crippen LogP contribution is -2.50. The molecular weight excluding hydrogens is 342 g/mol. The molecule has 1 unspecified atom stereocenters. The first-order valence-corrected chi connectivity index (χ1v) is 7.91. The number of hydrogen-bond acceptors (Lipinski definition) is 4. The summed E-state index contributed by atoms with van der Waals surface area (Å²) < 4.78 is 3.02. The summed E-state index contributed by atoms with van der Waals surface area (Å²) in [5.74, 6) is 0.858. The molecule has 2 aromatic rings. The van der Waals surface area contributed by atoms with Crippen LogP contribution in [0.25, 0.3) is 11.2 Å². The number of aromatic nitrogens is 3. The molecule has 0 N–H and O–H groups in total. The number of likely N-dealkylation sites (N-methyl/N-ethyl adjacent to an activating group) is 1. The summed E-state index contributed by atoms with van der Waals surface area (Å²) in [6.07, 6.45) is 1.80. The smallest absolute Gasteiger partial charge is 0.179 e. The van der Waals surface area contributed by atoms with Crippen LogP contribution in [0.15, 0.2) is 16.7 Å². The Labute approximate surface area is 131 Å². The molecule has 7 heteroatoms. The highest BCUT2D eigenvalue weighted by Crippen LogP contribution is 2.25. The van der Waals surface area contributed by atoms with Crippen LogP contribution in [-0.2, 0) is 0 Å². The van der Waals surface area contributed by atoms with Gasteiger partial charge in [-0.05, 0) is 36.0 Å². The Hall–Kier alpha value is -0.850. The second-order valence-electron chi connectivity index (χ2n) is 5.15. The van der Waals surface area contributed by atoms with E-state index < -0.39 is 0 Å². The van der Waals surface area contributed by atoms with Gasteiger partial charge in [-0.3, -0.25) is 0 Å². The topological polar surface area (TPSA) is 37.2 Å². The summed E-state index contributed by atoms with van der Waals surface area (Å²) in [4.78, 5) is 11.5. The van der Waals surface area contributed by atoms with Crippen LogP contribution in [0.4, 0.5) is 0 Å². The highest BCUT2D eigenvalue weighted by molar-refractivity contribution is 9.10. The zero-order valence-electron chi connectivity index (χ0n) is 11.6. The number of hydrogen-bond donors (Lipinski definition) is 0. The van der Waals surface area contributed by atoms with Crippen molar-refractivity contribution < 1.29 is 0 Å². The van der Waals surface area contributed by atoms with Gasteiger partial charge in [0.15, 0.2) is 5.65 Å². The largest absolute Gasteiger partial charge is 0.307 e. The molecule has 0 aliphatic carbocycles. The van der Waals surface area contributed by atoms with Gasteiger partial charge in [0.1, 0.15) is 11.3 Å². The molecule has 2 aromatic heterocycles. The van der Waals surface area contributed by atoms with Crippen LogP contribution < -0.4 is 5.01 Å². The zero-order chi connectivity index (χ0) is 14.3. The molecule has 0 saturated carbocycles. The van der Waals surface area contributed by atoms with E-state index in [4.69, 9.17) is 11.6 Å². The molecule has 0 radical (unpaired) electrons. The summed E-state index contributed by atoms with van der Waals surface area (Å²) in [6, 6.07) is 1.98. The maximum absolute atomic E-state index is 6.31. The van der Waals surface area contributed by atoms with E-state index >= 15 is 0 Å². The summed E-state index contributed by atoms with van der Waals surface area (Å²) in [7, 11) is 2.14. The second kappa shape index (κ2) is 5.50. The molecule has 108 valence electrons. The molecule has 5 nitrogen and oxygen atoms in total. The Morgan fingerprint density at radius 3 is 2.65 bits per heavy atom. The third kappa shape index (κ3) is 2.52. The quantitative estimate of drug-likeness (QED) is 0.773. The van der Waals surface area contributed by atoms with Gasteiger partial charge in [-0.15, -0.1) is 11.6 Å². The van der Waals surface area contributed by atoms with Crippen LogP contribution in [0.5, 0.6) is 0 Å². The molecule has 1 fully saturated rings. The number of fused-ring (bicyclic) bond motifs is 1. The Bertz CT molecular complexity index is 618. The lowest BCUT2D eigenvalue weighted by atomic mass is 10.4. The van der Waals surface area contributed by atoms with E-state index in [1.807, 2.05) is 13.0 Å². The molecule has 3 rings (SSSR count). The van der Waals surface area contributed by atoms with Gasteiger partial charge in [-0.2, -0.15) is 0 Å². The van der Waals surface area contributed by atoms with Crippen molar-refractivity contribution in [2.45, 2.75) is 12.3 Å². The molecular formula is C13H17BrClN5. The maximum Gasteiger partial charge on any atom is 0.179 e. The van der Waals surface area contributed by atoms with Gasteiger partial charge in [0.05, 0.1) is 5.38 Å². The van der Waals surface area contributed by atoms with Gasteiger partial charge in [0.25, 0.3) is 0 Å². The Kier molecular flexibility index (Phi) is 3.88. The molecule has 3 heterocycles. The SMILES string of the molecule is CC(Cl)c1nc2cc(Br)cnc2n1N1CCN(C)CC1. The monoisotopic (exact) mass is 357 g/mol. The van der Waals surface area contributed by atoms with Crippen LogP contribution in [-0.4, -0.2) is 52.8 Å². The summed E-state index contributed by atoms with van der Waals surface area (Å²) in [6.45, 7) is 5.93. The first-order valence-electron chi connectivity index (χ1n) is 6.68. The second-order valence-corrected chi connectivity index (χ2v) is 6.72. The zero-order valence-corrected chi connectivity index (χ0v) is 13.9. The average Bonchev–Trinajstić information content (AvgIpc) is 2.78. The lowest BCUT2D eigenvalue weighted by Gasteiger charge is -2.35. The number of imidazole rings is 1. The van der Waals surface area contributed by atoms with E-state index in [1.54, 1.807) is 6.20 Å². The number of piperazine rings is 1. The predicted molar refractivity (Wildman–Crippen MR) is 84.9 cm³/mol. The molecule has 1 aliphatic heterocycles. The van der Waals surface area contributed by atoms with Crippen LogP contribution in [0.2, 0.25) is 0 Å².